The van der Waals surface area contributed by atoms with Crippen LogP contribution in [-0.4, -0.2) is 34.5 Å². The Morgan fingerprint density at radius 2 is 2.04 bits per heavy atom. The SMILES string of the molecule is Cc1cc(CC(=O)N2CCCC2C(=O)NCc2cccc3ccccc23)on1. The lowest BCUT2D eigenvalue weighted by atomic mass is 10.0. The van der Waals surface area contributed by atoms with E-state index in [1.807, 2.05) is 31.2 Å². The van der Waals surface area contributed by atoms with Crippen molar-refractivity contribution < 1.29 is 14.1 Å². The molecule has 0 bridgehead atoms. The second-order valence-electron chi connectivity index (χ2n) is 7.21. The summed E-state index contributed by atoms with van der Waals surface area (Å²) < 4.78 is 5.14. The summed E-state index contributed by atoms with van der Waals surface area (Å²) in [5.41, 5.74) is 1.81. The number of aryl methyl sites for hydroxylation is 1. The van der Waals surface area contributed by atoms with Crippen LogP contribution in [0.15, 0.2) is 53.1 Å². The molecule has 1 saturated heterocycles. The number of aromatic nitrogens is 1. The van der Waals surface area contributed by atoms with E-state index in [1.54, 1.807) is 11.0 Å². The van der Waals surface area contributed by atoms with Crippen LogP contribution in [0.1, 0.15) is 29.9 Å². The molecule has 2 aromatic carbocycles. The summed E-state index contributed by atoms with van der Waals surface area (Å²) >= 11 is 0. The number of carbonyl (C=O) groups is 2. The molecule has 4 rings (SSSR count). The maximum Gasteiger partial charge on any atom is 0.243 e. The summed E-state index contributed by atoms with van der Waals surface area (Å²) in [7, 11) is 0. The summed E-state index contributed by atoms with van der Waals surface area (Å²) in [5.74, 6) is 0.329. The zero-order valence-electron chi connectivity index (χ0n) is 15.9. The van der Waals surface area contributed by atoms with E-state index in [4.69, 9.17) is 4.52 Å². The van der Waals surface area contributed by atoms with Crippen LogP contribution >= 0.6 is 0 Å². The van der Waals surface area contributed by atoms with Gasteiger partial charge in [-0.1, -0.05) is 47.6 Å². The van der Waals surface area contributed by atoms with Gasteiger partial charge in [-0.15, -0.1) is 0 Å². The van der Waals surface area contributed by atoms with Crippen LogP contribution < -0.4 is 5.32 Å². The van der Waals surface area contributed by atoms with Crippen molar-refractivity contribution in [2.24, 2.45) is 0 Å². The quantitative estimate of drug-likeness (QED) is 0.742. The molecule has 0 aliphatic carbocycles. The number of nitrogens with zero attached hydrogens (tertiary/aromatic N) is 2. The zero-order valence-corrected chi connectivity index (χ0v) is 15.9. The van der Waals surface area contributed by atoms with Gasteiger partial charge in [0.25, 0.3) is 0 Å². The van der Waals surface area contributed by atoms with Crippen LogP contribution in [0.2, 0.25) is 0 Å². The molecule has 1 aromatic heterocycles. The van der Waals surface area contributed by atoms with Gasteiger partial charge in [0.2, 0.25) is 11.8 Å². The highest BCUT2D eigenvalue weighted by atomic mass is 16.5. The highest BCUT2D eigenvalue weighted by Crippen LogP contribution is 2.21. The fraction of sp³-hybridized carbons (Fsp3) is 0.318. The van der Waals surface area contributed by atoms with E-state index in [0.29, 0.717) is 25.3 Å². The first-order valence-electron chi connectivity index (χ1n) is 9.58. The van der Waals surface area contributed by atoms with Crippen molar-refractivity contribution in [1.29, 1.82) is 0 Å². The van der Waals surface area contributed by atoms with E-state index in [-0.39, 0.29) is 18.2 Å². The van der Waals surface area contributed by atoms with Gasteiger partial charge in [-0.2, -0.15) is 0 Å². The molecule has 2 heterocycles. The number of rotatable bonds is 5. The highest BCUT2D eigenvalue weighted by molar-refractivity contribution is 5.90. The fourth-order valence-corrected chi connectivity index (χ4v) is 3.83. The Morgan fingerprint density at radius 1 is 1.21 bits per heavy atom. The number of amides is 2. The smallest absolute Gasteiger partial charge is 0.243 e. The summed E-state index contributed by atoms with van der Waals surface area (Å²) in [5, 5.41) is 9.11. The van der Waals surface area contributed by atoms with Crippen molar-refractivity contribution in [2.75, 3.05) is 6.54 Å². The van der Waals surface area contributed by atoms with Crippen LogP contribution in [0, 0.1) is 6.92 Å². The Bertz CT molecular complexity index is 1010. The second-order valence-corrected chi connectivity index (χ2v) is 7.21. The van der Waals surface area contributed by atoms with E-state index in [0.717, 1.165) is 28.5 Å². The van der Waals surface area contributed by atoms with Crippen LogP contribution in [0.25, 0.3) is 10.8 Å². The van der Waals surface area contributed by atoms with E-state index in [9.17, 15) is 9.59 Å². The highest BCUT2D eigenvalue weighted by Gasteiger charge is 2.34. The lowest BCUT2D eigenvalue weighted by molar-refractivity contribution is -0.138. The lowest BCUT2D eigenvalue weighted by Gasteiger charge is -2.23. The van der Waals surface area contributed by atoms with Gasteiger partial charge in [0.1, 0.15) is 11.8 Å². The van der Waals surface area contributed by atoms with Crippen molar-refractivity contribution >= 4 is 22.6 Å². The van der Waals surface area contributed by atoms with Crippen LogP contribution in [0.4, 0.5) is 0 Å². The van der Waals surface area contributed by atoms with Gasteiger partial charge in [-0.25, -0.2) is 0 Å². The molecule has 0 saturated carbocycles. The predicted octanol–water partition coefficient (Wildman–Crippen LogP) is 2.99. The minimum atomic E-state index is -0.425. The summed E-state index contributed by atoms with van der Waals surface area (Å²) in [6, 6.07) is 15.5. The average molecular weight is 377 g/mol. The molecule has 1 fully saturated rings. The molecule has 3 aromatic rings. The monoisotopic (exact) mass is 377 g/mol. The molecular weight excluding hydrogens is 354 g/mol. The molecule has 0 spiro atoms. The first kappa shape index (κ1) is 18.2. The normalized spacial score (nSPS) is 16.5. The topological polar surface area (TPSA) is 75.4 Å². The third-order valence-corrected chi connectivity index (χ3v) is 5.21. The maximum atomic E-state index is 12.8. The van der Waals surface area contributed by atoms with Crippen molar-refractivity contribution in [2.45, 2.75) is 38.8 Å². The molecule has 6 nitrogen and oxygen atoms in total. The zero-order chi connectivity index (χ0) is 19.5. The average Bonchev–Trinajstić information content (AvgIpc) is 3.35. The number of nitrogens with one attached hydrogen (secondary N) is 1. The summed E-state index contributed by atoms with van der Waals surface area (Å²) in [6.07, 6.45) is 1.64. The van der Waals surface area contributed by atoms with Crippen molar-refractivity contribution in [3.8, 4) is 0 Å². The van der Waals surface area contributed by atoms with Gasteiger partial charge in [0.05, 0.1) is 12.1 Å². The van der Waals surface area contributed by atoms with Gasteiger partial charge >= 0.3 is 0 Å². The minimum Gasteiger partial charge on any atom is -0.361 e. The number of likely N-dealkylation sites (tertiary alicyclic amines) is 1. The standard InChI is InChI=1S/C22H23N3O3/c1-15-12-18(28-24-15)13-21(26)25-11-5-10-20(25)22(27)23-14-17-8-4-7-16-6-2-3-9-19(16)17/h2-4,6-9,12,20H,5,10-11,13-14H2,1H3,(H,23,27). The molecule has 1 N–H and O–H groups in total. The van der Waals surface area contributed by atoms with Gasteiger partial charge in [0.15, 0.2) is 0 Å². The molecule has 1 aliphatic heterocycles. The molecule has 28 heavy (non-hydrogen) atoms. The van der Waals surface area contributed by atoms with Crippen molar-refractivity contribution in [3.05, 3.63) is 65.5 Å². The Hall–Kier alpha value is -3.15. The Labute approximate surface area is 163 Å². The Kier molecular flexibility index (Phi) is 5.10. The predicted molar refractivity (Wildman–Crippen MR) is 105 cm³/mol. The summed E-state index contributed by atoms with van der Waals surface area (Å²) in [4.78, 5) is 27.1. The molecule has 2 amide bonds. The first-order valence-corrected chi connectivity index (χ1v) is 9.58. The molecular formula is C22H23N3O3. The number of hydrogen-bond acceptors (Lipinski definition) is 4. The van der Waals surface area contributed by atoms with E-state index in [2.05, 4.69) is 28.7 Å². The van der Waals surface area contributed by atoms with E-state index >= 15 is 0 Å². The molecule has 0 radical (unpaired) electrons. The number of benzene rings is 2. The fourth-order valence-electron chi connectivity index (χ4n) is 3.83. The Balaban J connectivity index is 1.41. The third kappa shape index (κ3) is 3.76. The van der Waals surface area contributed by atoms with Crippen molar-refractivity contribution in [3.63, 3.8) is 0 Å². The van der Waals surface area contributed by atoms with Gasteiger partial charge in [0, 0.05) is 19.2 Å². The second kappa shape index (κ2) is 7.84. The third-order valence-electron chi connectivity index (χ3n) is 5.21. The minimum absolute atomic E-state index is 0.0982. The first-order chi connectivity index (χ1) is 13.6. The summed E-state index contributed by atoms with van der Waals surface area (Å²) in [6.45, 7) is 2.86. The van der Waals surface area contributed by atoms with E-state index in [1.165, 1.54) is 0 Å². The van der Waals surface area contributed by atoms with Crippen molar-refractivity contribution in [1.82, 2.24) is 15.4 Å². The molecule has 1 unspecified atom stereocenters. The number of hydrogen-bond donors (Lipinski definition) is 1. The molecule has 1 aliphatic rings. The van der Waals surface area contributed by atoms with Crippen LogP contribution in [0.5, 0.6) is 0 Å². The van der Waals surface area contributed by atoms with Crippen LogP contribution in [0.3, 0.4) is 0 Å². The molecule has 6 heteroatoms. The van der Waals surface area contributed by atoms with Gasteiger partial charge in [-0.3, -0.25) is 9.59 Å². The Morgan fingerprint density at radius 3 is 2.86 bits per heavy atom. The van der Waals surface area contributed by atoms with Gasteiger partial charge in [-0.05, 0) is 36.1 Å². The molecule has 144 valence electrons. The number of carbonyl (C=O) groups excluding carboxylic acids is 2. The molecule has 1 atom stereocenters. The largest absolute Gasteiger partial charge is 0.361 e. The number of fused-ring (bicyclic) bond motifs is 1. The van der Waals surface area contributed by atoms with E-state index < -0.39 is 6.04 Å². The van der Waals surface area contributed by atoms with Gasteiger partial charge < -0.3 is 14.7 Å². The van der Waals surface area contributed by atoms with Crippen LogP contribution in [-0.2, 0) is 22.6 Å². The lowest BCUT2D eigenvalue weighted by Crippen LogP contribution is -2.46. The maximum absolute atomic E-state index is 12.8.